The first-order valence-electron chi connectivity index (χ1n) is 14.4. The first-order chi connectivity index (χ1) is 21.6. The van der Waals surface area contributed by atoms with Gasteiger partial charge in [-0.05, 0) is 99.7 Å². The van der Waals surface area contributed by atoms with Crippen molar-refractivity contribution in [3.8, 4) is 22.6 Å². The highest BCUT2D eigenvalue weighted by Gasteiger charge is 2.23. The van der Waals surface area contributed by atoms with E-state index in [0.29, 0.717) is 0 Å². The van der Waals surface area contributed by atoms with Crippen molar-refractivity contribution < 1.29 is 13.9 Å². The zero-order chi connectivity index (χ0) is 30.3. The molecule has 216 valence electrons. The van der Waals surface area contributed by atoms with Crippen LogP contribution >= 0.6 is 7.92 Å². The molecule has 0 atom stereocenters. The summed E-state index contributed by atoms with van der Waals surface area (Å²) in [6.45, 7) is 0. The van der Waals surface area contributed by atoms with E-state index >= 15 is 4.39 Å². The van der Waals surface area contributed by atoms with E-state index in [0.717, 1.165) is 50.2 Å². The number of hydrogen-bond donors (Lipinski definition) is 0. The van der Waals surface area contributed by atoms with Gasteiger partial charge in [0.2, 0.25) is 0 Å². The molecule has 0 fully saturated rings. The van der Waals surface area contributed by atoms with Gasteiger partial charge in [0.15, 0.2) is 0 Å². The molecule has 0 saturated heterocycles. The molecule has 0 N–H and O–H groups in total. The van der Waals surface area contributed by atoms with E-state index in [2.05, 4.69) is 78.9 Å². The van der Waals surface area contributed by atoms with Gasteiger partial charge in [0.1, 0.15) is 17.3 Å². The van der Waals surface area contributed by atoms with Gasteiger partial charge < -0.3 is 9.47 Å². The molecule has 6 rings (SSSR count). The molecule has 0 bridgehead atoms. The zero-order valence-corrected chi connectivity index (χ0v) is 25.5. The van der Waals surface area contributed by atoms with E-state index in [1.165, 1.54) is 10.6 Å². The van der Waals surface area contributed by atoms with Crippen LogP contribution in [0.4, 0.5) is 4.39 Å². The van der Waals surface area contributed by atoms with Crippen LogP contribution in [0.3, 0.4) is 0 Å². The fourth-order valence-electron chi connectivity index (χ4n) is 5.41. The number of methoxy groups -OCH3 is 2. The lowest BCUT2D eigenvalue weighted by molar-refractivity contribution is 0.414. The summed E-state index contributed by atoms with van der Waals surface area (Å²) >= 11 is 0. The Kier molecular flexibility index (Phi) is 8.96. The third-order valence-corrected chi connectivity index (χ3v) is 10.1. The average Bonchev–Trinajstić information content (AvgIpc) is 3.09. The van der Waals surface area contributed by atoms with Crippen molar-refractivity contribution in [3.63, 3.8) is 0 Å². The minimum Gasteiger partial charge on any atom is -0.497 e. The fourth-order valence-corrected chi connectivity index (χ4v) is 7.85. The van der Waals surface area contributed by atoms with E-state index < -0.39 is 7.92 Å². The molecule has 0 amide bonds. The molecule has 0 aliphatic heterocycles. The van der Waals surface area contributed by atoms with E-state index in [-0.39, 0.29) is 5.82 Å². The van der Waals surface area contributed by atoms with Crippen LogP contribution in [0.15, 0.2) is 152 Å². The Labute approximate surface area is 259 Å². The molecule has 0 aliphatic carbocycles. The maximum Gasteiger partial charge on any atom is 0.123 e. The van der Waals surface area contributed by atoms with Crippen LogP contribution in [0.1, 0.15) is 16.7 Å². The van der Waals surface area contributed by atoms with Crippen LogP contribution in [0.2, 0.25) is 0 Å². The predicted molar refractivity (Wildman–Crippen MR) is 184 cm³/mol. The first-order valence-corrected chi connectivity index (χ1v) is 15.8. The summed E-state index contributed by atoms with van der Waals surface area (Å²) in [5, 5.41) is 3.52. The van der Waals surface area contributed by atoms with Crippen molar-refractivity contribution in [2.45, 2.75) is 0 Å². The topological polar surface area (TPSA) is 18.5 Å². The minimum absolute atomic E-state index is 0.264. The predicted octanol–water partition coefficient (Wildman–Crippen LogP) is 8.86. The fraction of sp³-hybridized carbons (Fsp3) is 0.0500. The molecular formula is C40H32FO2P. The maximum atomic E-state index is 15.2. The van der Waals surface area contributed by atoms with Crippen LogP contribution in [-0.2, 0) is 0 Å². The summed E-state index contributed by atoms with van der Waals surface area (Å²) in [5.74, 6) is 1.32. The van der Waals surface area contributed by atoms with Crippen molar-refractivity contribution in [2.24, 2.45) is 0 Å². The molecule has 6 aromatic rings. The summed E-state index contributed by atoms with van der Waals surface area (Å²) in [5.41, 5.74) is 5.94. The van der Waals surface area contributed by atoms with Crippen molar-refractivity contribution in [2.75, 3.05) is 14.2 Å². The van der Waals surface area contributed by atoms with E-state index in [1.807, 2.05) is 66.7 Å². The van der Waals surface area contributed by atoms with Crippen molar-refractivity contribution in [1.82, 2.24) is 0 Å². The lowest BCUT2D eigenvalue weighted by atomic mass is 9.89. The standard InChI is InChI=1S/C40H32FO2P/c1-42-32-22-17-29(18-23-32)27-38(30-19-24-33(43-2)25-20-30)36-15-9-10-16-37(36)39-28-31(41)21-26-40(39)44(34-11-5-3-6-12-34)35-13-7-4-8-14-35/h3-28H,1-2H3/b38-27+. The third-order valence-electron chi connectivity index (χ3n) is 7.56. The van der Waals surface area contributed by atoms with E-state index in [1.54, 1.807) is 26.4 Å². The van der Waals surface area contributed by atoms with Crippen LogP contribution in [0.25, 0.3) is 22.8 Å². The molecule has 0 saturated carbocycles. The molecule has 0 radical (unpaired) electrons. The zero-order valence-electron chi connectivity index (χ0n) is 24.7. The average molecular weight is 595 g/mol. The summed E-state index contributed by atoms with van der Waals surface area (Å²) in [6.07, 6.45) is 2.18. The van der Waals surface area contributed by atoms with Gasteiger partial charge in [-0.3, -0.25) is 0 Å². The Bertz CT molecular complexity index is 1830. The number of hydrogen-bond acceptors (Lipinski definition) is 2. The van der Waals surface area contributed by atoms with Crippen LogP contribution in [-0.4, -0.2) is 14.2 Å². The molecule has 2 nitrogen and oxygen atoms in total. The van der Waals surface area contributed by atoms with Crippen molar-refractivity contribution in [3.05, 3.63) is 174 Å². The smallest absolute Gasteiger partial charge is 0.123 e. The summed E-state index contributed by atoms with van der Waals surface area (Å²) in [6, 6.07) is 50.7. The summed E-state index contributed by atoms with van der Waals surface area (Å²) in [4.78, 5) is 0. The Hall–Kier alpha value is -4.98. The van der Waals surface area contributed by atoms with Gasteiger partial charge in [0.05, 0.1) is 14.2 Å². The highest BCUT2D eigenvalue weighted by molar-refractivity contribution is 7.80. The first kappa shape index (κ1) is 29.1. The van der Waals surface area contributed by atoms with Gasteiger partial charge in [0, 0.05) is 0 Å². The molecule has 6 aromatic carbocycles. The largest absolute Gasteiger partial charge is 0.497 e. The quantitative estimate of drug-likeness (QED) is 0.123. The normalized spacial score (nSPS) is 11.4. The number of ether oxygens (including phenoxy) is 2. The molecule has 44 heavy (non-hydrogen) atoms. The van der Waals surface area contributed by atoms with Gasteiger partial charge in [-0.1, -0.05) is 115 Å². The maximum absolute atomic E-state index is 15.2. The monoisotopic (exact) mass is 594 g/mol. The van der Waals surface area contributed by atoms with Gasteiger partial charge in [-0.2, -0.15) is 0 Å². The Balaban J connectivity index is 1.58. The third kappa shape index (κ3) is 6.34. The number of benzene rings is 6. The lowest BCUT2D eigenvalue weighted by Gasteiger charge is -2.24. The molecule has 0 aromatic heterocycles. The highest BCUT2D eigenvalue weighted by Crippen LogP contribution is 2.41. The van der Waals surface area contributed by atoms with Crippen LogP contribution in [0, 0.1) is 5.82 Å². The van der Waals surface area contributed by atoms with Crippen molar-refractivity contribution >= 4 is 35.5 Å². The van der Waals surface area contributed by atoms with Gasteiger partial charge >= 0.3 is 0 Å². The Morgan fingerprint density at radius 3 is 1.70 bits per heavy atom. The molecule has 0 unspecified atom stereocenters. The molecule has 4 heteroatoms. The highest BCUT2D eigenvalue weighted by atomic mass is 31.1. The molecule has 0 heterocycles. The minimum atomic E-state index is -0.966. The summed E-state index contributed by atoms with van der Waals surface area (Å²) in [7, 11) is 2.37. The second kappa shape index (κ2) is 13.5. The molecular weight excluding hydrogens is 562 g/mol. The molecule has 0 aliphatic rings. The van der Waals surface area contributed by atoms with Gasteiger partial charge in [-0.15, -0.1) is 0 Å². The second-order valence-corrected chi connectivity index (χ2v) is 12.5. The number of halogens is 1. The number of rotatable bonds is 9. The van der Waals surface area contributed by atoms with Crippen molar-refractivity contribution in [1.29, 1.82) is 0 Å². The van der Waals surface area contributed by atoms with E-state index in [9.17, 15) is 0 Å². The Morgan fingerprint density at radius 1 is 0.568 bits per heavy atom. The van der Waals surface area contributed by atoms with Gasteiger partial charge in [-0.25, -0.2) is 4.39 Å². The molecule has 0 spiro atoms. The van der Waals surface area contributed by atoms with E-state index in [4.69, 9.17) is 9.47 Å². The van der Waals surface area contributed by atoms with Crippen LogP contribution < -0.4 is 25.4 Å². The SMILES string of the molecule is COc1ccc(/C=C(\c2ccc(OC)cc2)c2ccccc2-c2cc(F)ccc2P(c2ccccc2)c2ccccc2)cc1. The second-order valence-electron chi connectivity index (χ2n) is 10.3. The summed E-state index contributed by atoms with van der Waals surface area (Å²) < 4.78 is 26.1. The van der Waals surface area contributed by atoms with Crippen LogP contribution in [0.5, 0.6) is 11.5 Å². The Morgan fingerprint density at radius 2 is 1.11 bits per heavy atom. The lowest BCUT2D eigenvalue weighted by Crippen LogP contribution is -2.22. The van der Waals surface area contributed by atoms with Gasteiger partial charge in [0.25, 0.3) is 0 Å².